The van der Waals surface area contributed by atoms with Gasteiger partial charge in [-0.15, -0.1) is 0 Å². The Morgan fingerprint density at radius 1 is 1.31 bits per heavy atom. The summed E-state index contributed by atoms with van der Waals surface area (Å²) in [7, 11) is 0. The number of unbranched alkanes of at least 4 members (excludes halogenated alkanes) is 1. The van der Waals surface area contributed by atoms with Crippen molar-refractivity contribution >= 4 is 5.69 Å². The molecular weight excluding hydrogens is 322 g/mol. The van der Waals surface area contributed by atoms with Crippen molar-refractivity contribution in [1.29, 1.82) is 0 Å². The average molecular weight is 356 g/mol. The van der Waals surface area contributed by atoms with Crippen LogP contribution in [-0.4, -0.2) is 24.4 Å². The highest BCUT2D eigenvalue weighted by Gasteiger charge is 2.48. The molecule has 142 valence electrons. The van der Waals surface area contributed by atoms with Crippen LogP contribution in [0.25, 0.3) is 0 Å². The zero-order valence-electron chi connectivity index (χ0n) is 16.5. The van der Waals surface area contributed by atoms with Crippen LogP contribution in [-0.2, 0) is 5.41 Å². The Bertz CT molecular complexity index is 708. The third kappa shape index (κ3) is 2.76. The topological polar surface area (TPSA) is 41.5 Å². The quantitative estimate of drug-likeness (QED) is 0.730. The predicted octanol–water partition coefficient (Wildman–Crippen LogP) is 5.00. The van der Waals surface area contributed by atoms with E-state index in [4.69, 9.17) is 4.74 Å². The monoisotopic (exact) mass is 355 g/mol. The minimum atomic E-state index is 0.138. The lowest BCUT2D eigenvalue weighted by atomic mass is 9.67. The first kappa shape index (κ1) is 17.9. The van der Waals surface area contributed by atoms with E-state index in [-0.39, 0.29) is 12.0 Å². The van der Waals surface area contributed by atoms with Crippen LogP contribution in [0.4, 0.5) is 5.69 Å². The van der Waals surface area contributed by atoms with Gasteiger partial charge in [0.05, 0.1) is 0 Å². The minimum Gasteiger partial charge on any atom is -0.489 e. The summed E-state index contributed by atoms with van der Waals surface area (Å²) in [5, 5.41) is 13.7. The van der Waals surface area contributed by atoms with Crippen LogP contribution in [0, 0.1) is 11.8 Å². The lowest BCUT2D eigenvalue weighted by Crippen LogP contribution is -2.40. The van der Waals surface area contributed by atoms with Gasteiger partial charge < -0.3 is 15.2 Å². The zero-order valence-corrected chi connectivity index (χ0v) is 16.5. The molecule has 0 saturated heterocycles. The minimum absolute atomic E-state index is 0.138. The molecule has 3 heteroatoms. The molecule has 4 atom stereocenters. The first-order valence-electron chi connectivity index (χ1n) is 10.3. The summed E-state index contributed by atoms with van der Waals surface area (Å²) in [4.78, 5) is 0. The normalized spacial score (nSPS) is 29.6. The molecule has 0 spiro atoms. The van der Waals surface area contributed by atoms with Gasteiger partial charge in [0.1, 0.15) is 12.4 Å². The molecule has 1 aliphatic carbocycles. The number of ether oxygens (including phenoxy) is 1. The van der Waals surface area contributed by atoms with Gasteiger partial charge in [-0.2, -0.15) is 0 Å². The predicted molar refractivity (Wildman–Crippen MR) is 107 cm³/mol. The highest BCUT2D eigenvalue weighted by molar-refractivity contribution is 5.68. The molecular formula is C23H33NO2. The molecule has 2 heterocycles. The molecule has 1 aromatic carbocycles. The molecule has 2 N–H and O–H groups in total. The first-order chi connectivity index (χ1) is 12.5. The number of anilines is 1. The van der Waals surface area contributed by atoms with E-state index in [1.54, 1.807) is 0 Å². The summed E-state index contributed by atoms with van der Waals surface area (Å²) in [6.07, 6.45) is 5.82. The third-order valence-electron chi connectivity index (χ3n) is 7.08. The Labute approximate surface area is 157 Å². The number of hydrogen-bond acceptors (Lipinski definition) is 3. The number of aliphatic hydroxyl groups excluding tert-OH is 1. The van der Waals surface area contributed by atoms with Gasteiger partial charge in [-0.05, 0) is 53.9 Å². The van der Waals surface area contributed by atoms with E-state index in [1.165, 1.54) is 41.6 Å². The number of benzene rings is 1. The van der Waals surface area contributed by atoms with Crippen molar-refractivity contribution in [3.63, 3.8) is 0 Å². The van der Waals surface area contributed by atoms with Gasteiger partial charge in [-0.25, -0.2) is 0 Å². The van der Waals surface area contributed by atoms with E-state index < -0.39 is 0 Å². The summed E-state index contributed by atoms with van der Waals surface area (Å²) >= 11 is 0. The van der Waals surface area contributed by atoms with Gasteiger partial charge >= 0.3 is 0 Å². The van der Waals surface area contributed by atoms with Crippen molar-refractivity contribution < 1.29 is 9.84 Å². The van der Waals surface area contributed by atoms with Gasteiger partial charge in [0.25, 0.3) is 0 Å². The van der Waals surface area contributed by atoms with E-state index in [9.17, 15) is 5.11 Å². The van der Waals surface area contributed by atoms with Crippen molar-refractivity contribution in [3.05, 3.63) is 35.4 Å². The summed E-state index contributed by atoms with van der Waals surface area (Å²) in [6, 6.07) is 4.95. The molecule has 0 bridgehead atoms. The average Bonchev–Trinajstić information content (AvgIpc) is 2.95. The van der Waals surface area contributed by atoms with E-state index in [0.717, 1.165) is 18.6 Å². The van der Waals surface area contributed by atoms with Crippen LogP contribution in [0.5, 0.6) is 5.75 Å². The molecule has 4 rings (SSSR count). The molecule has 0 radical (unpaired) electrons. The van der Waals surface area contributed by atoms with Crippen molar-refractivity contribution in [2.24, 2.45) is 11.8 Å². The Kier molecular flexibility index (Phi) is 4.54. The smallest absolute Gasteiger partial charge is 0.125 e. The van der Waals surface area contributed by atoms with Crippen LogP contribution >= 0.6 is 0 Å². The highest BCUT2D eigenvalue weighted by Crippen LogP contribution is 2.56. The van der Waals surface area contributed by atoms with Crippen molar-refractivity contribution in [2.45, 2.75) is 70.3 Å². The maximum absolute atomic E-state index is 9.91. The van der Waals surface area contributed by atoms with Gasteiger partial charge in [0.15, 0.2) is 0 Å². The summed E-state index contributed by atoms with van der Waals surface area (Å²) in [6.45, 7) is 12.2. The van der Waals surface area contributed by atoms with E-state index in [0.29, 0.717) is 30.4 Å². The molecule has 0 amide bonds. The van der Waals surface area contributed by atoms with Crippen LogP contribution in [0.2, 0.25) is 0 Å². The largest absolute Gasteiger partial charge is 0.489 e. The molecule has 3 aliphatic rings. The molecule has 26 heavy (non-hydrogen) atoms. The van der Waals surface area contributed by atoms with E-state index in [2.05, 4.69) is 44.8 Å². The van der Waals surface area contributed by atoms with Gasteiger partial charge in [0.2, 0.25) is 0 Å². The van der Waals surface area contributed by atoms with E-state index >= 15 is 0 Å². The highest BCUT2D eigenvalue weighted by atomic mass is 16.5. The third-order valence-corrected chi connectivity index (χ3v) is 7.08. The van der Waals surface area contributed by atoms with Crippen molar-refractivity contribution in [2.75, 3.05) is 18.5 Å². The molecule has 1 aromatic rings. The maximum atomic E-state index is 9.91. The van der Waals surface area contributed by atoms with Crippen LogP contribution < -0.4 is 10.1 Å². The maximum Gasteiger partial charge on any atom is 0.125 e. The Morgan fingerprint density at radius 2 is 2.12 bits per heavy atom. The van der Waals surface area contributed by atoms with Gasteiger partial charge in [-0.1, -0.05) is 40.2 Å². The summed E-state index contributed by atoms with van der Waals surface area (Å²) in [5.74, 6) is 2.23. The lowest BCUT2D eigenvalue weighted by Gasteiger charge is -2.38. The number of aliphatic hydroxyl groups is 1. The number of hydrogen-bond donors (Lipinski definition) is 2. The SMILES string of the molecule is C=C1COc2cc(C(C)(C)CCCC)cc3c2C2C1CCC(CO)C2N3. The number of rotatable bonds is 5. The summed E-state index contributed by atoms with van der Waals surface area (Å²) in [5.41, 5.74) is 5.29. The molecule has 1 fully saturated rings. The lowest BCUT2D eigenvalue weighted by molar-refractivity contribution is 0.151. The molecule has 4 unspecified atom stereocenters. The zero-order chi connectivity index (χ0) is 18.5. The second-order valence-electron chi connectivity index (χ2n) is 9.19. The molecule has 1 saturated carbocycles. The van der Waals surface area contributed by atoms with Crippen LogP contribution in [0.1, 0.15) is 69.9 Å². The molecule has 0 aromatic heterocycles. The fourth-order valence-corrected chi connectivity index (χ4v) is 5.37. The Hall–Kier alpha value is -1.48. The van der Waals surface area contributed by atoms with Crippen LogP contribution in [0.15, 0.2) is 24.3 Å². The van der Waals surface area contributed by atoms with Crippen molar-refractivity contribution in [1.82, 2.24) is 0 Å². The standard InChI is InChI=1S/C23H33NO2/c1-5-6-9-23(3,4)16-10-18-21-19(11-16)26-13-14(2)17-8-7-15(12-25)22(24-18)20(17)21/h10-11,15,17,20,22,24-25H,2,5-9,12-13H2,1,3-4H3. The van der Waals surface area contributed by atoms with Gasteiger partial charge in [-0.3, -0.25) is 0 Å². The fraction of sp³-hybridized carbons (Fsp3) is 0.652. The fourth-order valence-electron chi connectivity index (χ4n) is 5.37. The summed E-state index contributed by atoms with van der Waals surface area (Å²) < 4.78 is 6.27. The second-order valence-corrected chi connectivity index (χ2v) is 9.19. The Morgan fingerprint density at radius 3 is 2.85 bits per heavy atom. The molecule has 3 nitrogen and oxygen atoms in total. The van der Waals surface area contributed by atoms with Crippen molar-refractivity contribution in [3.8, 4) is 5.75 Å². The Balaban J connectivity index is 1.78. The molecule has 2 aliphatic heterocycles. The van der Waals surface area contributed by atoms with E-state index in [1.807, 2.05) is 0 Å². The second kappa shape index (κ2) is 6.60. The first-order valence-corrected chi connectivity index (χ1v) is 10.3. The van der Waals surface area contributed by atoms with Gasteiger partial charge in [0, 0.05) is 35.7 Å². The number of nitrogens with one attached hydrogen (secondary N) is 1. The van der Waals surface area contributed by atoms with Crippen LogP contribution in [0.3, 0.4) is 0 Å².